The van der Waals surface area contributed by atoms with Crippen molar-refractivity contribution in [1.82, 2.24) is 4.90 Å². The van der Waals surface area contributed by atoms with E-state index >= 15 is 0 Å². The molecule has 0 aromatic heterocycles. The zero-order chi connectivity index (χ0) is 12.8. The molecule has 2 N–H and O–H groups in total. The fourth-order valence-electron chi connectivity index (χ4n) is 2.30. The van der Waals surface area contributed by atoms with E-state index in [9.17, 15) is 4.79 Å². The molecule has 0 radical (unpaired) electrons. The van der Waals surface area contributed by atoms with Gasteiger partial charge in [0.1, 0.15) is 0 Å². The summed E-state index contributed by atoms with van der Waals surface area (Å²) in [5, 5.41) is 0. The summed E-state index contributed by atoms with van der Waals surface area (Å²) < 4.78 is 5.30. The predicted octanol–water partition coefficient (Wildman–Crippen LogP) is 1.24. The van der Waals surface area contributed by atoms with Crippen molar-refractivity contribution in [2.75, 3.05) is 26.3 Å². The van der Waals surface area contributed by atoms with Crippen molar-refractivity contribution >= 4 is 5.91 Å². The molecule has 1 fully saturated rings. The third kappa shape index (κ3) is 4.28. The van der Waals surface area contributed by atoms with E-state index in [0.717, 1.165) is 39.1 Å². The third-order valence-corrected chi connectivity index (χ3v) is 3.34. The molecule has 4 nitrogen and oxygen atoms in total. The molecule has 0 bridgehead atoms. The zero-order valence-electron chi connectivity index (χ0n) is 11.3. The van der Waals surface area contributed by atoms with Gasteiger partial charge in [0.05, 0.1) is 6.04 Å². The van der Waals surface area contributed by atoms with Crippen molar-refractivity contribution in [2.24, 2.45) is 17.6 Å². The van der Waals surface area contributed by atoms with E-state index in [2.05, 4.69) is 13.8 Å². The summed E-state index contributed by atoms with van der Waals surface area (Å²) >= 11 is 0. The van der Waals surface area contributed by atoms with Crippen molar-refractivity contribution in [3.63, 3.8) is 0 Å². The molecule has 0 spiro atoms. The average molecular weight is 242 g/mol. The molecule has 4 heteroatoms. The first-order valence-electron chi connectivity index (χ1n) is 6.68. The van der Waals surface area contributed by atoms with E-state index in [1.165, 1.54) is 0 Å². The largest absolute Gasteiger partial charge is 0.381 e. The van der Waals surface area contributed by atoms with Gasteiger partial charge in [0.2, 0.25) is 5.91 Å². The highest BCUT2D eigenvalue weighted by Crippen LogP contribution is 2.19. The second-order valence-corrected chi connectivity index (χ2v) is 5.25. The lowest BCUT2D eigenvalue weighted by Crippen LogP contribution is -2.49. The number of nitrogens with two attached hydrogens (primary N) is 1. The van der Waals surface area contributed by atoms with Crippen LogP contribution in [-0.2, 0) is 9.53 Å². The Balaban J connectivity index is 2.53. The van der Waals surface area contributed by atoms with Gasteiger partial charge >= 0.3 is 0 Å². The number of carbonyl (C=O) groups is 1. The number of ether oxygens (including phenoxy) is 1. The first-order valence-corrected chi connectivity index (χ1v) is 6.68. The van der Waals surface area contributed by atoms with Gasteiger partial charge in [0.15, 0.2) is 0 Å². The minimum atomic E-state index is -0.349. The summed E-state index contributed by atoms with van der Waals surface area (Å²) in [6.07, 6.45) is 1.82. The van der Waals surface area contributed by atoms with E-state index in [1.807, 2.05) is 11.8 Å². The molecule has 1 heterocycles. The second-order valence-electron chi connectivity index (χ2n) is 5.25. The summed E-state index contributed by atoms with van der Waals surface area (Å²) in [5.41, 5.74) is 6.10. The van der Waals surface area contributed by atoms with Crippen LogP contribution in [0, 0.1) is 11.8 Å². The fourth-order valence-corrected chi connectivity index (χ4v) is 2.30. The molecule has 1 amide bonds. The number of amides is 1. The van der Waals surface area contributed by atoms with E-state index in [1.54, 1.807) is 0 Å². The molecule has 17 heavy (non-hydrogen) atoms. The predicted molar refractivity (Wildman–Crippen MR) is 68.6 cm³/mol. The molecule has 1 rings (SSSR count). The molecule has 0 aliphatic carbocycles. The van der Waals surface area contributed by atoms with Gasteiger partial charge in [0.25, 0.3) is 0 Å². The monoisotopic (exact) mass is 242 g/mol. The maximum Gasteiger partial charge on any atom is 0.239 e. The van der Waals surface area contributed by atoms with Crippen LogP contribution in [0.1, 0.15) is 33.6 Å². The van der Waals surface area contributed by atoms with Crippen LogP contribution in [0.15, 0.2) is 0 Å². The lowest BCUT2D eigenvalue weighted by atomic mass is 9.91. The average Bonchev–Trinajstić information content (AvgIpc) is 2.35. The Hall–Kier alpha value is -0.610. The quantitative estimate of drug-likeness (QED) is 0.789. The topological polar surface area (TPSA) is 55.6 Å². The molecular formula is C13H26N2O2. The van der Waals surface area contributed by atoms with Gasteiger partial charge in [-0.05, 0) is 31.6 Å². The molecule has 0 saturated carbocycles. The number of carbonyl (C=O) groups excluding carboxylic acids is 1. The normalized spacial score (nSPS) is 19.4. The van der Waals surface area contributed by atoms with Crippen LogP contribution in [-0.4, -0.2) is 43.2 Å². The first-order chi connectivity index (χ1) is 8.06. The lowest BCUT2D eigenvalue weighted by molar-refractivity contribution is -0.135. The summed E-state index contributed by atoms with van der Waals surface area (Å²) in [4.78, 5) is 14.1. The molecule has 1 unspecified atom stereocenters. The Morgan fingerprint density at radius 3 is 2.47 bits per heavy atom. The number of nitrogens with zero attached hydrogens (tertiary/aromatic N) is 1. The van der Waals surface area contributed by atoms with E-state index in [-0.39, 0.29) is 17.9 Å². The minimum Gasteiger partial charge on any atom is -0.381 e. The van der Waals surface area contributed by atoms with Crippen molar-refractivity contribution < 1.29 is 9.53 Å². The number of rotatable bonds is 5. The molecule has 1 saturated heterocycles. The highest BCUT2D eigenvalue weighted by atomic mass is 16.5. The standard InChI is InChI=1S/C13H26N2O2/c1-4-15(9-10(2)3)13(16)12(14)11-5-7-17-8-6-11/h10-12H,4-9,14H2,1-3H3. The molecule has 100 valence electrons. The fraction of sp³-hybridized carbons (Fsp3) is 0.923. The molecular weight excluding hydrogens is 216 g/mol. The van der Waals surface area contributed by atoms with Crippen LogP contribution in [0.2, 0.25) is 0 Å². The number of hydrogen-bond donors (Lipinski definition) is 1. The SMILES string of the molecule is CCN(CC(C)C)C(=O)C(N)C1CCOCC1. The van der Waals surface area contributed by atoms with Gasteiger partial charge in [-0.3, -0.25) is 4.79 Å². The molecule has 1 atom stereocenters. The minimum absolute atomic E-state index is 0.105. The van der Waals surface area contributed by atoms with Crippen LogP contribution in [0.25, 0.3) is 0 Å². The molecule has 1 aliphatic rings. The molecule has 1 aliphatic heterocycles. The van der Waals surface area contributed by atoms with Crippen molar-refractivity contribution in [3.8, 4) is 0 Å². The Labute approximate surface area is 104 Å². The molecule has 0 aromatic carbocycles. The smallest absolute Gasteiger partial charge is 0.239 e. The number of hydrogen-bond acceptors (Lipinski definition) is 3. The van der Waals surface area contributed by atoms with Crippen molar-refractivity contribution in [1.29, 1.82) is 0 Å². The Morgan fingerprint density at radius 2 is 2.00 bits per heavy atom. The van der Waals surface area contributed by atoms with Crippen LogP contribution in [0.3, 0.4) is 0 Å². The third-order valence-electron chi connectivity index (χ3n) is 3.34. The number of likely N-dealkylation sites (N-methyl/N-ethyl adjacent to an activating group) is 1. The summed E-state index contributed by atoms with van der Waals surface area (Å²) in [7, 11) is 0. The van der Waals surface area contributed by atoms with Crippen LogP contribution in [0.4, 0.5) is 0 Å². The van der Waals surface area contributed by atoms with E-state index in [4.69, 9.17) is 10.5 Å². The van der Waals surface area contributed by atoms with Gasteiger partial charge < -0.3 is 15.4 Å². The summed E-state index contributed by atoms with van der Waals surface area (Å²) in [5.74, 6) is 0.881. The van der Waals surface area contributed by atoms with Crippen LogP contribution < -0.4 is 5.73 Å². The Kier molecular flexibility index (Phi) is 5.92. The Morgan fingerprint density at radius 1 is 1.41 bits per heavy atom. The van der Waals surface area contributed by atoms with Gasteiger partial charge in [-0.25, -0.2) is 0 Å². The van der Waals surface area contributed by atoms with Gasteiger partial charge in [-0.15, -0.1) is 0 Å². The summed E-state index contributed by atoms with van der Waals surface area (Å²) in [6.45, 7) is 9.27. The van der Waals surface area contributed by atoms with Crippen molar-refractivity contribution in [2.45, 2.75) is 39.7 Å². The second kappa shape index (κ2) is 6.97. The zero-order valence-corrected chi connectivity index (χ0v) is 11.3. The van der Waals surface area contributed by atoms with Gasteiger partial charge in [0, 0.05) is 26.3 Å². The highest BCUT2D eigenvalue weighted by Gasteiger charge is 2.29. The van der Waals surface area contributed by atoms with E-state index < -0.39 is 0 Å². The first kappa shape index (κ1) is 14.5. The van der Waals surface area contributed by atoms with Gasteiger partial charge in [-0.1, -0.05) is 13.8 Å². The highest BCUT2D eigenvalue weighted by molar-refractivity contribution is 5.82. The van der Waals surface area contributed by atoms with Crippen LogP contribution in [0.5, 0.6) is 0 Å². The van der Waals surface area contributed by atoms with Gasteiger partial charge in [-0.2, -0.15) is 0 Å². The Bertz CT molecular complexity index is 238. The van der Waals surface area contributed by atoms with Crippen molar-refractivity contribution in [3.05, 3.63) is 0 Å². The van der Waals surface area contributed by atoms with Crippen LogP contribution >= 0.6 is 0 Å². The van der Waals surface area contributed by atoms with E-state index in [0.29, 0.717) is 5.92 Å². The maximum atomic E-state index is 12.3. The summed E-state index contributed by atoms with van der Waals surface area (Å²) in [6, 6.07) is -0.349. The maximum absolute atomic E-state index is 12.3. The lowest BCUT2D eigenvalue weighted by Gasteiger charge is -2.31. The molecule has 0 aromatic rings.